The summed E-state index contributed by atoms with van der Waals surface area (Å²) in [5.41, 5.74) is 1.07. The Labute approximate surface area is 113 Å². The third kappa shape index (κ3) is 2.70. The highest BCUT2D eigenvalue weighted by atomic mass is 79.9. The molecule has 2 aromatic rings. The zero-order chi connectivity index (χ0) is 13.1. The van der Waals surface area contributed by atoms with Gasteiger partial charge in [-0.1, -0.05) is 28.1 Å². The van der Waals surface area contributed by atoms with E-state index in [4.69, 9.17) is 4.74 Å². The first-order valence-electron chi connectivity index (χ1n) is 5.35. The maximum atomic E-state index is 13.7. The normalized spacial score (nSPS) is 12.2. The maximum absolute atomic E-state index is 13.7. The molecule has 0 saturated heterocycles. The van der Waals surface area contributed by atoms with Crippen LogP contribution in [0, 0.1) is 11.6 Å². The van der Waals surface area contributed by atoms with E-state index in [1.54, 1.807) is 25.3 Å². The number of hydrogen-bond donors (Lipinski definition) is 0. The summed E-state index contributed by atoms with van der Waals surface area (Å²) in [6.45, 7) is 0. The molecule has 1 unspecified atom stereocenters. The van der Waals surface area contributed by atoms with Crippen LogP contribution in [0.15, 0.2) is 42.5 Å². The Kier molecular flexibility index (Phi) is 3.97. The molecule has 2 aromatic carbocycles. The van der Waals surface area contributed by atoms with Crippen molar-refractivity contribution in [1.29, 1.82) is 0 Å². The van der Waals surface area contributed by atoms with E-state index in [0.717, 1.165) is 17.7 Å². The fourth-order valence-electron chi connectivity index (χ4n) is 1.69. The Balaban J connectivity index is 2.40. The van der Waals surface area contributed by atoms with E-state index in [1.807, 2.05) is 6.07 Å². The third-order valence-corrected chi connectivity index (χ3v) is 3.64. The second kappa shape index (κ2) is 5.48. The molecule has 0 spiro atoms. The fraction of sp³-hybridized carbons (Fsp3) is 0.143. The average molecular weight is 313 g/mol. The summed E-state index contributed by atoms with van der Waals surface area (Å²) < 4.78 is 31.9. The first-order chi connectivity index (χ1) is 8.61. The summed E-state index contributed by atoms with van der Waals surface area (Å²) in [5, 5.41) is 0. The smallest absolute Gasteiger partial charge is 0.128 e. The molecular formula is C14H11BrF2O. The summed E-state index contributed by atoms with van der Waals surface area (Å²) in [7, 11) is 1.56. The molecule has 0 amide bonds. The SMILES string of the molecule is COc1cccc(C(Br)c2cc(F)ccc2F)c1. The maximum Gasteiger partial charge on any atom is 0.128 e. The molecule has 1 nitrogen and oxygen atoms in total. The van der Waals surface area contributed by atoms with Crippen LogP contribution in [0.25, 0.3) is 0 Å². The van der Waals surface area contributed by atoms with Gasteiger partial charge in [0.15, 0.2) is 0 Å². The molecule has 0 bridgehead atoms. The molecule has 0 heterocycles. The van der Waals surface area contributed by atoms with Crippen molar-refractivity contribution in [2.45, 2.75) is 4.83 Å². The molecule has 0 aromatic heterocycles. The van der Waals surface area contributed by atoms with Crippen molar-refractivity contribution in [2.75, 3.05) is 7.11 Å². The summed E-state index contributed by atoms with van der Waals surface area (Å²) in [6.07, 6.45) is 0. The lowest BCUT2D eigenvalue weighted by atomic mass is 10.0. The zero-order valence-electron chi connectivity index (χ0n) is 9.66. The lowest BCUT2D eigenvalue weighted by Gasteiger charge is -2.13. The minimum atomic E-state index is -0.459. The average Bonchev–Trinajstić information content (AvgIpc) is 2.41. The Morgan fingerprint density at radius 2 is 1.89 bits per heavy atom. The van der Waals surface area contributed by atoms with Gasteiger partial charge in [-0.25, -0.2) is 8.78 Å². The molecule has 0 aliphatic carbocycles. The molecule has 0 radical (unpaired) electrons. The first-order valence-corrected chi connectivity index (χ1v) is 6.26. The molecule has 0 N–H and O–H groups in total. The van der Waals surface area contributed by atoms with Crippen LogP contribution in [0.2, 0.25) is 0 Å². The third-order valence-electron chi connectivity index (χ3n) is 2.62. The van der Waals surface area contributed by atoms with Crippen molar-refractivity contribution in [2.24, 2.45) is 0 Å². The van der Waals surface area contributed by atoms with E-state index in [9.17, 15) is 8.78 Å². The topological polar surface area (TPSA) is 9.23 Å². The highest BCUT2D eigenvalue weighted by Gasteiger charge is 2.16. The summed E-state index contributed by atoms with van der Waals surface area (Å²) in [4.78, 5) is -0.414. The largest absolute Gasteiger partial charge is 0.497 e. The lowest BCUT2D eigenvalue weighted by molar-refractivity contribution is 0.414. The van der Waals surface area contributed by atoms with Crippen LogP contribution in [0.4, 0.5) is 8.78 Å². The van der Waals surface area contributed by atoms with Crippen molar-refractivity contribution >= 4 is 15.9 Å². The Hall–Kier alpha value is -1.42. The van der Waals surface area contributed by atoms with Gasteiger partial charge in [-0.3, -0.25) is 0 Å². The summed E-state index contributed by atoms with van der Waals surface area (Å²) >= 11 is 3.38. The molecule has 0 aliphatic rings. The quantitative estimate of drug-likeness (QED) is 0.760. The van der Waals surface area contributed by atoms with Gasteiger partial charge in [-0.05, 0) is 35.9 Å². The predicted octanol–water partition coefficient (Wildman–Crippen LogP) is 4.46. The minimum Gasteiger partial charge on any atom is -0.497 e. The van der Waals surface area contributed by atoms with Crippen LogP contribution in [-0.2, 0) is 0 Å². The number of benzene rings is 2. The Bertz CT molecular complexity index is 557. The molecule has 2 rings (SSSR count). The van der Waals surface area contributed by atoms with Gasteiger partial charge in [-0.15, -0.1) is 0 Å². The Morgan fingerprint density at radius 3 is 2.61 bits per heavy atom. The minimum absolute atomic E-state index is 0.267. The fourth-order valence-corrected chi connectivity index (χ4v) is 2.32. The number of alkyl halides is 1. The van der Waals surface area contributed by atoms with Gasteiger partial charge in [0.2, 0.25) is 0 Å². The van der Waals surface area contributed by atoms with Gasteiger partial charge >= 0.3 is 0 Å². The molecular weight excluding hydrogens is 302 g/mol. The predicted molar refractivity (Wildman–Crippen MR) is 70.1 cm³/mol. The number of hydrogen-bond acceptors (Lipinski definition) is 1. The summed E-state index contributed by atoms with van der Waals surface area (Å²) in [5.74, 6) is -0.228. The van der Waals surface area contributed by atoms with E-state index >= 15 is 0 Å². The van der Waals surface area contributed by atoms with Crippen molar-refractivity contribution in [3.8, 4) is 5.75 Å². The number of rotatable bonds is 3. The number of halogens is 3. The van der Waals surface area contributed by atoms with Crippen LogP contribution >= 0.6 is 15.9 Å². The van der Waals surface area contributed by atoms with Crippen LogP contribution < -0.4 is 4.74 Å². The molecule has 4 heteroatoms. The van der Waals surface area contributed by atoms with Gasteiger partial charge in [0.05, 0.1) is 11.9 Å². The van der Waals surface area contributed by atoms with E-state index in [1.165, 1.54) is 6.07 Å². The highest BCUT2D eigenvalue weighted by molar-refractivity contribution is 9.09. The second-order valence-corrected chi connectivity index (χ2v) is 4.72. The summed E-state index contributed by atoms with van der Waals surface area (Å²) in [6, 6.07) is 10.6. The van der Waals surface area contributed by atoms with Crippen molar-refractivity contribution < 1.29 is 13.5 Å². The molecule has 0 saturated carbocycles. The zero-order valence-corrected chi connectivity index (χ0v) is 11.2. The molecule has 0 aliphatic heterocycles. The second-order valence-electron chi connectivity index (χ2n) is 3.81. The van der Waals surface area contributed by atoms with Crippen LogP contribution in [0.1, 0.15) is 16.0 Å². The monoisotopic (exact) mass is 312 g/mol. The lowest BCUT2D eigenvalue weighted by Crippen LogP contribution is -1.98. The van der Waals surface area contributed by atoms with Gasteiger partial charge < -0.3 is 4.74 Å². The van der Waals surface area contributed by atoms with Gasteiger partial charge in [0.25, 0.3) is 0 Å². The van der Waals surface area contributed by atoms with Crippen molar-refractivity contribution in [3.63, 3.8) is 0 Å². The molecule has 18 heavy (non-hydrogen) atoms. The van der Waals surface area contributed by atoms with Gasteiger partial charge in [0.1, 0.15) is 17.4 Å². The van der Waals surface area contributed by atoms with Crippen LogP contribution in [0.3, 0.4) is 0 Å². The van der Waals surface area contributed by atoms with E-state index in [-0.39, 0.29) is 5.56 Å². The van der Waals surface area contributed by atoms with E-state index < -0.39 is 16.5 Å². The highest BCUT2D eigenvalue weighted by Crippen LogP contribution is 2.34. The van der Waals surface area contributed by atoms with E-state index in [2.05, 4.69) is 15.9 Å². The Morgan fingerprint density at radius 1 is 1.11 bits per heavy atom. The molecule has 0 fully saturated rings. The standard InChI is InChI=1S/C14H11BrF2O/c1-18-11-4-2-3-9(7-11)14(15)12-8-10(16)5-6-13(12)17/h2-8,14H,1H3. The van der Waals surface area contributed by atoms with E-state index in [0.29, 0.717) is 5.75 Å². The molecule has 1 atom stereocenters. The first kappa shape index (κ1) is 13.0. The van der Waals surface area contributed by atoms with Gasteiger partial charge in [0, 0.05) is 5.56 Å². The van der Waals surface area contributed by atoms with Gasteiger partial charge in [-0.2, -0.15) is 0 Å². The number of methoxy groups -OCH3 is 1. The van der Waals surface area contributed by atoms with Crippen LogP contribution in [-0.4, -0.2) is 7.11 Å². The number of ether oxygens (including phenoxy) is 1. The van der Waals surface area contributed by atoms with Crippen molar-refractivity contribution in [3.05, 3.63) is 65.2 Å². The molecule has 94 valence electrons. The van der Waals surface area contributed by atoms with Crippen molar-refractivity contribution in [1.82, 2.24) is 0 Å². The van der Waals surface area contributed by atoms with Crippen LogP contribution in [0.5, 0.6) is 5.75 Å².